The highest BCUT2D eigenvalue weighted by Gasteiger charge is 2.09. The highest BCUT2D eigenvalue weighted by Crippen LogP contribution is 2.22. The van der Waals surface area contributed by atoms with Gasteiger partial charge in [0.1, 0.15) is 6.61 Å². The molecule has 2 rings (SSSR count). The molecule has 1 heterocycles. The summed E-state index contributed by atoms with van der Waals surface area (Å²) in [5.74, 6) is -0.376. The van der Waals surface area contributed by atoms with Crippen LogP contribution in [-0.4, -0.2) is 15.9 Å². The minimum Gasteiger partial charge on any atom is -0.461 e. The number of hydrogen-bond acceptors (Lipinski definition) is 5. The van der Waals surface area contributed by atoms with Gasteiger partial charge in [-0.3, -0.25) is 19.9 Å². The van der Waals surface area contributed by atoms with Crippen LogP contribution in [0.4, 0.5) is 5.69 Å². The van der Waals surface area contributed by atoms with Gasteiger partial charge in [-0.05, 0) is 19.1 Å². The van der Waals surface area contributed by atoms with Crippen molar-refractivity contribution in [3.05, 3.63) is 45.6 Å². The first-order valence-corrected chi connectivity index (χ1v) is 5.65. The number of carbonyl (C=O) groups excluding carboxylic acids is 1. The van der Waals surface area contributed by atoms with Gasteiger partial charge in [0.25, 0.3) is 5.69 Å². The number of nitro benzene ring substituents is 1. The molecule has 0 spiro atoms. The number of carbonyl (C=O) groups is 1. The Hall–Kier alpha value is -2.50. The van der Waals surface area contributed by atoms with Gasteiger partial charge in [-0.25, -0.2) is 0 Å². The second-order valence-corrected chi connectivity index (χ2v) is 4.15. The first-order chi connectivity index (χ1) is 8.97. The van der Waals surface area contributed by atoms with Crippen molar-refractivity contribution in [2.75, 3.05) is 0 Å². The molecule has 0 fully saturated rings. The molecule has 0 aliphatic rings. The molecule has 0 N–H and O–H groups in total. The van der Waals surface area contributed by atoms with E-state index in [1.807, 2.05) is 0 Å². The van der Waals surface area contributed by atoms with Crippen LogP contribution in [0.2, 0.25) is 0 Å². The third kappa shape index (κ3) is 2.85. The Morgan fingerprint density at radius 2 is 2.16 bits per heavy atom. The van der Waals surface area contributed by atoms with Crippen LogP contribution in [0.3, 0.4) is 0 Å². The molecule has 0 aliphatic carbocycles. The number of nitrogens with zero attached hydrogens (tertiary/aromatic N) is 2. The first-order valence-electron chi connectivity index (χ1n) is 5.65. The van der Waals surface area contributed by atoms with Crippen LogP contribution in [-0.2, 0) is 16.1 Å². The molecule has 0 unspecified atom stereocenters. The highest BCUT2D eigenvalue weighted by molar-refractivity contribution is 5.82. The van der Waals surface area contributed by atoms with E-state index in [0.717, 1.165) is 11.3 Å². The van der Waals surface area contributed by atoms with Crippen LogP contribution >= 0.6 is 0 Å². The summed E-state index contributed by atoms with van der Waals surface area (Å²) >= 11 is 0. The summed E-state index contributed by atoms with van der Waals surface area (Å²) in [4.78, 5) is 25.4. The highest BCUT2D eigenvalue weighted by atomic mass is 16.6. The number of ether oxygens (including phenoxy) is 1. The molecule has 0 aliphatic heterocycles. The lowest BCUT2D eigenvalue weighted by Crippen LogP contribution is -2.02. The van der Waals surface area contributed by atoms with Crippen molar-refractivity contribution in [1.82, 2.24) is 4.98 Å². The lowest BCUT2D eigenvalue weighted by molar-refractivity contribution is -0.384. The van der Waals surface area contributed by atoms with E-state index in [-0.39, 0.29) is 18.3 Å². The molecule has 0 radical (unpaired) electrons. The molecule has 19 heavy (non-hydrogen) atoms. The van der Waals surface area contributed by atoms with Crippen molar-refractivity contribution in [1.29, 1.82) is 0 Å². The number of nitro groups is 1. The largest absolute Gasteiger partial charge is 0.461 e. The molecule has 1 aromatic carbocycles. The molecule has 1 aromatic heterocycles. The number of rotatable bonds is 3. The van der Waals surface area contributed by atoms with E-state index < -0.39 is 4.92 Å². The van der Waals surface area contributed by atoms with Crippen LogP contribution in [0.5, 0.6) is 0 Å². The molecular formula is C13H12N2O4. The van der Waals surface area contributed by atoms with Crippen LogP contribution in [0.25, 0.3) is 10.9 Å². The van der Waals surface area contributed by atoms with E-state index in [4.69, 9.17) is 4.74 Å². The number of pyridine rings is 1. The quantitative estimate of drug-likeness (QED) is 0.481. The van der Waals surface area contributed by atoms with Crippen molar-refractivity contribution < 1.29 is 14.5 Å². The Morgan fingerprint density at radius 3 is 2.79 bits per heavy atom. The van der Waals surface area contributed by atoms with Crippen molar-refractivity contribution in [2.24, 2.45) is 0 Å². The molecule has 98 valence electrons. The van der Waals surface area contributed by atoms with Gasteiger partial charge in [-0.15, -0.1) is 0 Å². The Bertz CT molecular complexity index is 667. The van der Waals surface area contributed by atoms with E-state index in [0.29, 0.717) is 10.9 Å². The third-order valence-electron chi connectivity index (χ3n) is 2.74. The minimum atomic E-state index is -0.453. The van der Waals surface area contributed by atoms with E-state index in [2.05, 4.69) is 4.98 Å². The van der Waals surface area contributed by atoms with Crippen LogP contribution in [0.15, 0.2) is 24.3 Å². The molecular weight excluding hydrogens is 248 g/mol. The van der Waals surface area contributed by atoms with E-state index in [1.165, 1.54) is 19.1 Å². The van der Waals surface area contributed by atoms with Gasteiger partial charge in [0.15, 0.2) is 0 Å². The summed E-state index contributed by atoms with van der Waals surface area (Å²) in [7, 11) is 0. The van der Waals surface area contributed by atoms with Gasteiger partial charge in [0.2, 0.25) is 0 Å². The molecule has 0 saturated heterocycles. The van der Waals surface area contributed by atoms with Crippen LogP contribution in [0, 0.1) is 17.0 Å². The summed E-state index contributed by atoms with van der Waals surface area (Å²) in [6.45, 7) is 3.25. The summed E-state index contributed by atoms with van der Waals surface area (Å²) in [5, 5.41) is 11.4. The SMILES string of the molecule is CC(=O)OCc1cc2cc([N+](=O)[O-])ccc2nc1C. The van der Waals surface area contributed by atoms with Crippen molar-refractivity contribution >= 4 is 22.6 Å². The van der Waals surface area contributed by atoms with Gasteiger partial charge in [0.05, 0.1) is 10.4 Å². The molecule has 0 amide bonds. The van der Waals surface area contributed by atoms with Crippen molar-refractivity contribution in [3.8, 4) is 0 Å². The topological polar surface area (TPSA) is 82.3 Å². The number of aryl methyl sites for hydroxylation is 1. The molecule has 6 nitrogen and oxygen atoms in total. The van der Waals surface area contributed by atoms with Gasteiger partial charge in [-0.1, -0.05) is 0 Å². The van der Waals surface area contributed by atoms with Gasteiger partial charge >= 0.3 is 5.97 Å². The molecule has 0 atom stereocenters. The number of non-ortho nitro benzene ring substituents is 1. The predicted molar refractivity (Wildman–Crippen MR) is 68.6 cm³/mol. The second-order valence-electron chi connectivity index (χ2n) is 4.15. The zero-order valence-corrected chi connectivity index (χ0v) is 10.5. The average molecular weight is 260 g/mol. The minimum absolute atomic E-state index is 0.0107. The van der Waals surface area contributed by atoms with Gasteiger partial charge in [0, 0.05) is 35.7 Å². The Morgan fingerprint density at radius 1 is 1.42 bits per heavy atom. The first kappa shape index (κ1) is 12.9. The lowest BCUT2D eigenvalue weighted by atomic mass is 10.1. The number of hydrogen-bond donors (Lipinski definition) is 0. The smallest absolute Gasteiger partial charge is 0.302 e. The second kappa shape index (κ2) is 5.01. The fraction of sp³-hybridized carbons (Fsp3) is 0.231. The van der Waals surface area contributed by atoms with Gasteiger partial charge < -0.3 is 4.74 Å². The van der Waals surface area contributed by atoms with Gasteiger partial charge in [-0.2, -0.15) is 0 Å². The summed E-state index contributed by atoms with van der Waals surface area (Å²) in [6.07, 6.45) is 0. The maximum Gasteiger partial charge on any atom is 0.302 e. The summed E-state index contributed by atoms with van der Waals surface area (Å²) in [5.41, 5.74) is 2.16. The average Bonchev–Trinajstić information content (AvgIpc) is 2.35. The summed E-state index contributed by atoms with van der Waals surface area (Å²) < 4.78 is 4.92. The standard InChI is InChI=1S/C13H12N2O4/c1-8-11(7-19-9(2)16)5-10-6-12(15(17)18)3-4-13(10)14-8/h3-6H,7H2,1-2H3. The monoisotopic (exact) mass is 260 g/mol. The zero-order valence-electron chi connectivity index (χ0n) is 10.5. The number of benzene rings is 1. The maximum atomic E-state index is 10.8. The fourth-order valence-corrected chi connectivity index (χ4v) is 1.74. The number of aromatic nitrogens is 1. The molecule has 0 bridgehead atoms. The zero-order chi connectivity index (χ0) is 14.0. The van der Waals surface area contributed by atoms with Crippen LogP contribution < -0.4 is 0 Å². The maximum absolute atomic E-state index is 10.8. The summed E-state index contributed by atoms with van der Waals surface area (Å²) in [6, 6.07) is 6.24. The molecule has 0 saturated carbocycles. The van der Waals surface area contributed by atoms with Crippen LogP contribution in [0.1, 0.15) is 18.2 Å². The Labute approximate surface area is 109 Å². The molecule has 6 heteroatoms. The van der Waals surface area contributed by atoms with E-state index in [9.17, 15) is 14.9 Å². The normalized spacial score (nSPS) is 10.4. The molecule has 2 aromatic rings. The third-order valence-corrected chi connectivity index (χ3v) is 2.74. The number of fused-ring (bicyclic) bond motifs is 1. The predicted octanol–water partition coefficient (Wildman–Crippen LogP) is 2.51. The van der Waals surface area contributed by atoms with Crippen molar-refractivity contribution in [3.63, 3.8) is 0 Å². The Balaban J connectivity index is 2.45. The lowest BCUT2D eigenvalue weighted by Gasteiger charge is -2.07. The van der Waals surface area contributed by atoms with E-state index in [1.54, 1.807) is 19.1 Å². The number of esters is 1. The van der Waals surface area contributed by atoms with E-state index >= 15 is 0 Å². The fourth-order valence-electron chi connectivity index (χ4n) is 1.74. The Kier molecular flexibility index (Phi) is 3.41. The van der Waals surface area contributed by atoms with Crippen molar-refractivity contribution in [2.45, 2.75) is 20.5 Å².